The number of methoxy groups -OCH3 is 1. The Hall–Kier alpha value is -2.01. The van der Waals surface area contributed by atoms with Gasteiger partial charge in [0.05, 0.1) is 18.4 Å². The van der Waals surface area contributed by atoms with E-state index in [0.717, 1.165) is 4.47 Å². The summed E-state index contributed by atoms with van der Waals surface area (Å²) in [5.74, 6) is 0.409. The molecule has 1 amide bonds. The van der Waals surface area contributed by atoms with Crippen LogP contribution in [0, 0.1) is 0 Å². The molecule has 5 heteroatoms. The Morgan fingerprint density at radius 3 is 2.68 bits per heavy atom. The van der Waals surface area contributed by atoms with Gasteiger partial charge in [0.1, 0.15) is 5.75 Å². The summed E-state index contributed by atoms with van der Waals surface area (Å²) in [6, 6.07) is 12.3. The summed E-state index contributed by atoms with van der Waals surface area (Å²) in [6.07, 6.45) is 0. The number of nitrogens with one attached hydrogen (secondary N) is 1. The largest absolute Gasteiger partial charge is 0.497 e. The van der Waals surface area contributed by atoms with Crippen LogP contribution in [0.25, 0.3) is 0 Å². The number of para-hydroxylation sites is 1. The molecule has 0 aromatic heterocycles. The minimum Gasteiger partial charge on any atom is -0.497 e. The van der Waals surface area contributed by atoms with Crippen LogP contribution in [0.4, 0.5) is 11.4 Å². The van der Waals surface area contributed by atoms with E-state index in [1.54, 1.807) is 43.5 Å². The van der Waals surface area contributed by atoms with Crippen molar-refractivity contribution in [2.45, 2.75) is 0 Å². The molecule has 2 rings (SSSR count). The first-order valence-corrected chi connectivity index (χ1v) is 6.40. The Morgan fingerprint density at radius 2 is 2.00 bits per heavy atom. The minimum absolute atomic E-state index is 0.257. The highest BCUT2D eigenvalue weighted by Crippen LogP contribution is 2.27. The fourth-order valence-corrected chi connectivity index (χ4v) is 1.97. The van der Waals surface area contributed by atoms with Crippen LogP contribution < -0.4 is 15.8 Å². The van der Waals surface area contributed by atoms with Crippen molar-refractivity contribution in [3.63, 3.8) is 0 Å². The lowest BCUT2D eigenvalue weighted by Gasteiger charge is -2.10. The molecular formula is C14H13BrN2O2. The number of carbonyl (C=O) groups excluding carboxylic acids is 1. The number of nitrogens with two attached hydrogens (primary N) is 1. The van der Waals surface area contributed by atoms with Crippen LogP contribution in [0.2, 0.25) is 0 Å². The number of benzene rings is 2. The molecule has 0 bridgehead atoms. The predicted molar refractivity (Wildman–Crippen MR) is 79.5 cm³/mol. The van der Waals surface area contributed by atoms with Crippen LogP contribution in [-0.4, -0.2) is 13.0 Å². The molecule has 0 aliphatic heterocycles. The number of amides is 1. The van der Waals surface area contributed by atoms with Crippen molar-refractivity contribution < 1.29 is 9.53 Å². The molecule has 98 valence electrons. The second-order valence-corrected chi connectivity index (χ2v) is 4.74. The van der Waals surface area contributed by atoms with E-state index in [2.05, 4.69) is 21.2 Å². The lowest BCUT2D eigenvalue weighted by Crippen LogP contribution is -2.14. The average Bonchev–Trinajstić information content (AvgIpc) is 2.41. The number of nitrogen functional groups attached to an aromatic ring is 1. The highest BCUT2D eigenvalue weighted by molar-refractivity contribution is 9.10. The summed E-state index contributed by atoms with van der Waals surface area (Å²) in [6.45, 7) is 0. The molecule has 0 saturated heterocycles. The van der Waals surface area contributed by atoms with Gasteiger partial charge >= 0.3 is 0 Å². The van der Waals surface area contributed by atoms with Crippen molar-refractivity contribution in [2.75, 3.05) is 18.2 Å². The first kappa shape index (κ1) is 13.4. The summed E-state index contributed by atoms with van der Waals surface area (Å²) < 4.78 is 5.90. The molecule has 3 N–H and O–H groups in total. The Bertz CT molecular complexity index is 614. The molecule has 0 aliphatic carbocycles. The van der Waals surface area contributed by atoms with Crippen molar-refractivity contribution in [3.05, 3.63) is 52.5 Å². The van der Waals surface area contributed by atoms with Gasteiger partial charge in [0.15, 0.2) is 0 Å². The molecule has 0 heterocycles. The zero-order valence-electron chi connectivity index (χ0n) is 10.3. The highest BCUT2D eigenvalue weighted by atomic mass is 79.9. The summed E-state index contributed by atoms with van der Waals surface area (Å²) in [7, 11) is 1.57. The van der Waals surface area contributed by atoms with Crippen molar-refractivity contribution in [2.24, 2.45) is 0 Å². The van der Waals surface area contributed by atoms with Crippen LogP contribution >= 0.6 is 15.9 Å². The van der Waals surface area contributed by atoms with E-state index in [1.165, 1.54) is 0 Å². The van der Waals surface area contributed by atoms with Crippen LogP contribution in [0.1, 0.15) is 10.4 Å². The predicted octanol–water partition coefficient (Wildman–Crippen LogP) is 3.29. The number of anilines is 2. The number of carbonyl (C=O) groups is 1. The monoisotopic (exact) mass is 320 g/mol. The first-order valence-electron chi connectivity index (χ1n) is 5.61. The molecule has 0 fully saturated rings. The quantitative estimate of drug-likeness (QED) is 0.853. The topological polar surface area (TPSA) is 64.3 Å². The van der Waals surface area contributed by atoms with Gasteiger partial charge in [-0.1, -0.05) is 12.1 Å². The van der Waals surface area contributed by atoms with Crippen molar-refractivity contribution >= 4 is 33.2 Å². The fourth-order valence-electron chi connectivity index (χ4n) is 1.62. The molecule has 2 aromatic carbocycles. The SMILES string of the molecule is COc1ccc(Br)c(NC(=O)c2ccccc2N)c1. The van der Waals surface area contributed by atoms with Crippen molar-refractivity contribution in [1.29, 1.82) is 0 Å². The van der Waals surface area contributed by atoms with E-state index in [1.807, 2.05) is 6.07 Å². The second-order valence-electron chi connectivity index (χ2n) is 3.89. The average molecular weight is 321 g/mol. The molecule has 0 atom stereocenters. The molecule has 4 nitrogen and oxygen atoms in total. The van der Waals surface area contributed by atoms with Crippen LogP contribution in [0.5, 0.6) is 5.75 Å². The fraction of sp³-hybridized carbons (Fsp3) is 0.0714. The number of ether oxygens (including phenoxy) is 1. The summed E-state index contributed by atoms with van der Waals surface area (Å²) >= 11 is 3.38. The minimum atomic E-state index is -0.257. The summed E-state index contributed by atoms with van der Waals surface area (Å²) in [5.41, 5.74) is 7.29. The van der Waals surface area contributed by atoms with Crippen LogP contribution in [0.15, 0.2) is 46.9 Å². The van der Waals surface area contributed by atoms with E-state index in [9.17, 15) is 4.79 Å². The third-order valence-electron chi connectivity index (χ3n) is 2.63. The number of hydrogen-bond acceptors (Lipinski definition) is 3. The van der Waals surface area contributed by atoms with E-state index in [4.69, 9.17) is 10.5 Å². The molecule has 0 unspecified atom stereocenters. The second kappa shape index (κ2) is 5.75. The lowest BCUT2D eigenvalue weighted by molar-refractivity contribution is 0.102. The van der Waals surface area contributed by atoms with E-state index in [0.29, 0.717) is 22.7 Å². The summed E-state index contributed by atoms with van der Waals surface area (Å²) in [5, 5.41) is 2.80. The maximum Gasteiger partial charge on any atom is 0.257 e. The standard InChI is InChI=1S/C14H13BrN2O2/c1-19-9-6-7-11(15)13(8-9)17-14(18)10-4-2-3-5-12(10)16/h2-8H,16H2,1H3,(H,17,18). The van der Waals surface area contributed by atoms with Gasteiger partial charge in [-0.25, -0.2) is 0 Å². The Morgan fingerprint density at radius 1 is 1.26 bits per heavy atom. The van der Waals surface area contributed by atoms with E-state index >= 15 is 0 Å². The van der Waals surface area contributed by atoms with Gasteiger partial charge < -0.3 is 15.8 Å². The van der Waals surface area contributed by atoms with E-state index in [-0.39, 0.29) is 5.91 Å². The molecule has 0 saturated carbocycles. The third kappa shape index (κ3) is 3.06. The molecule has 0 aliphatic rings. The molecular weight excluding hydrogens is 308 g/mol. The van der Waals surface area contributed by atoms with Gasteiger partial charge in [0.25, 0.3) is 5.91 Å². The van der Waals surface area contributed by atoms with Crippen molar-refractivity contribution in [3.8, 4) is 5.75 Å². The third-order valence-corrected chi connectivity index (χ3v) is 3.32. The first-order chi connectivity index (χ1) is 9.11. The Labute approximate surface area is 119 Å². The van der Waals surface area contributed by atoms with Crippen LogP contribution in [0.3, 0.4) is 0 Å². The number of rotatable bonds is 3. The zero-order chi connectivity index (χ0) is 13.8. The highest BCUT2D eigenvalue weighted by Gasteiger charge is 2.11. The number of halogens is 1. The van der Waals surface area contributed by atoms with Crippen LogP contribution in [-0.2, 0) is 0 Å². The molecule has 2 aromatic rings. The van der Waals surface area contributed by atoms with Gasteiger partial charge in [-0.3, -0.25) is 4.79 Å². The van der Waals surface area contributed by atoms with E-state index < -0.39 is 0 Å². The smallest absolute Gasteiger partial charge is 0.257 e. The summed E-state index contributed by atoms with van der Waals surface area (Å²) in [4.78, 5) is 12.1. The lowest BCUT2D eigenvalue weighted by atomic mass is 10.1. The Kier molecular flexibility index (Phi) is 4.06. The maximum atomic E-state index is 12.1. The van der Waals surface area contributed by atoms with Gasteiger partial charge in [0.2, 0.25) is 0 Å². The van der Waals surface area contributed by atoms with Gasteiger partial charge in [-0.05, 0) is 40.2 Å². The van der Waals surface area contributed by atoms with Gasteiger partial charge in [-0.15, -0.1) is 0 Å². The molecule has 0 spiro atoms. The Balaban J connectivity index is 2.26. The normalized spacial score (nSPS) is 10.0. The number of hydrogen-bond donors (Lipinski definition) is 2. The maximum absolute atomic E-state index is 12.1. The molecule has 0 radical (unpaired) electrons. The zero-order valence-corrected chi connectivity index (χ0v) is 11.9. The van der Waals surface area contributed by atoms with Gasteiger partial charge in [-0.2, -0.15) is 0 Å². The van der Waals surface area contributed by atoms with Gasteiger partial charge in [0, 0.05) is 16.2 Å². The molecule has 19 heavy (non-hydrogen) atoms. The van der Waals surface area contributed by atoms with Crippen molar-refractivity contribution in [1.82, 2.24) is 0 Å².